The van der Waals surface area contributed by atoms with Crippen LogP contribution in [0, 0.1) is 0 Å². The summed E-state index contributed by atoms with van der Waals surface area (Å²) in [6, 6.07) is 11.0. The maximum Gasteiger partial charge on any atom is 0.227 e. The molecule has 6 nitrogen and oxygen atoms in total. The van der Waals surface area contributed by atoms with Crippen molar-refractivity contribution in [2.45, 2.75) is 19.4 Å². The Bertz CT molecular complexity index is 834. The molecule has 3 rings (SSSR count). The molecule has 2 heterocycles. The third kappa shape index (κ3) is 4.64. The van der Waals surface area contributed by atoms with E-state index in [1.807, 2.05) is 24.3 Å². The van der Waals surface area contributed by atoms with Gasteiger partial charge < -0.3 is 9.42 Å². The zero-order chi connectivity index (χ0) is 17.6. The van der Waals surface area contributed by atoms with Crippen LogP contribution in [0.2, 0.25) is 5.02 Å². The van der Waals surface area contributed by atoms with E-state index >= 15 is 0 Å². The lowest BCUT2D eigenvalue weighted by Gasteiger charge is -2.16. The second kappa shape index (κ2) is 7.90. The Morgan fingerprint density at radius 1 is 1.16 bits per heavy atom. The summed E-state index contributed by atoms with van der Waals surface area (Å²) < 4.78 is 5.22. The molecular formula is C18H17ClN4O2. The molecule has 0 bridgehead atoms. The fourth-order valence-electron chi connectivity index (χ4n) is 2.33. The summed E-state index contributed by atoms with van der Waals surface area (Å²) in [6.07, 6.45) is 4.14. The fraction of sp³-hybridized carbons (Fsp3) is 0.222. The highest BCUT2D eigenvalue weighted by molar-refractivity contribution is 6.30. The van der Waals surface area contributed by atoms with Crippen molar-refractivity contribution in [1.29, 1.82) is 0 Å². The molecule has 0 aliphatic heterocycles. The second-order valence-corrected chi connectivity index (χ2v) is 6.06. The van der Waals surface area contributed by atoms with E-state index in [4.69, 9.17) is 16.1 Å². The highest BCUT2D eigenvalue weighted by Crippen LogP contribution is 2.19. The maximum atomic E-state index is 12.2. The molecule has 3 aromatic rings. The van der Waals surface area contributed by atoms with E-state index in [9.17, 15) is 4.79 Å². The molecule has 1 aromatic carbocycles. The standard InChI is InChI=1S/C18H17ClN4O2/c1-23(12-13-8-10-20-11-9-13)17(24)7-6-16-21-18(22-25-16)14-2-4-15(19)5-3-14/h2-5,8-11H,6-7,12H2,1H3. The molecule has 0 saturated heterocycles. The first kappa shape index (κ1) is 17.1. The molecule has 0 aliphatic rings. The molecule has 0 fully saturated rings. The van der Waals surface area contributed by atoms with Crippen LogP contribution in [0.1, 0.15) is 17.9 Å². The van der Waals surface area contributed by atoms with Gasteiger partial charge in [0.25, 0.3) is 0 Å². The molecule has 2 aromatic heterocycles. The van der Waals surface area contributed by atoms with Gasteiger partial charge in [0.1, 0.15) is 0 Å². The summed E-state index contributed by atoms with van der Waals surface area (Å²) in [4.78, 5) is 22.2. The number of aryl methyl sites for hydroxylation is 1. The monoisotopic (exact) mass is 356 g/mol. The van der Waals surface area contributed by atoms with Crippen LogP contribution >= 0.6 is 11.6 Å². The van der Waals surface area contributed by atoms with E-state index in [-0.39, 0.29) is 5.91 Å². The van der Waals surface area contributed by atoms with Crippen molar-refractivity contribution in [3.63, 3.8) is 0 Å². The lowest BCUT2D eigenvalue weighted by molar-refractivity contribution is -0.130. The fourth-order valence-corrected chi connectivity index (χ4v) is 2.45. The molecule has 7 heteroatoms. The molecule has 0 N–H and O–H groups in total. The minimum atomic E-state index is 0.0167. The van der Waals surface area contributed by atoms with Crippen LogP contribution in [0.25, 0.3) is 11.4 Å². The van der Waals surface area contributed by atoms with E-state index in [0.717, 1.165) is 11.1 Å². The molecule has 0 unspecified atom stereocenters. The number of halogens is 1. The minimum absolute atomic E-state index is 0.0167. The summed E-state index contributed by atoms with van der Waals surface area (Å²) in [5.41, 5.74) is 1.86. The van der Waals surface area contributed by atoms with Gasteiger partial charge in [-0.05, 0) is 42.0 Å². The first-order valence-electron chi connectivity index (χ1n) is 7.83. The molecule has 0 atom stereocenters. The second-order valence-electron chi connectivity index (χ2n) is 5.62. The molecule has 0 saturated carbocycles. The lowest BCUT2D eigenvalue weighted by Crippen LogP contribution is -2.26. The molecule has 0 radical (unpaired) electrons. The predicted molar refractivity (Wildman–Crippen MR) is 93.8 cm³/mol. The quantitative estimate of drug-likeness (QED) is 0.677. The molecule has 1 amide bonds. The summed E-state index contributed by atoms with van der Waals surface area (Å²) in [6.45, 7) is 0.543. The van der Waals surface area contributed by atoms with Crippen molar-refractivity contribution in [2.75, 3.05) is 7.05 Å². The summed E-state index contributed by atoms with van der Waals surface area (Å²) in [5.74, 6) is 0.947. The van der Waals surface area contributed by atoms with Gasteiger partial charge in [0.15, 0.2) is 0 Å². The number of benzene rings is 1. The third-order valence-electron chi connectivity index (χ3n) is 3.72. The Kier molecular flexibility index (Phi) is 5.40. The number of aromatic nitrogens is 3. The van der Waals surface area contributed by atoms with Crippen molar-refractivity contribution >= 4 is 17.5 Å². The maximum absolute atomic E-state index is 12.2. The van der Waals surface area contributed by atoms with Gasteiger partial charge in [-0.15, -0.1) is 0 Å². The topological polar surface area (TPSA) is 72.1 Å². The number of rotatable bonds is 6. The van der Waals surface area contributed by atoms with Crippen molar-refractivity contribution in [2.24, 2.45) is 0 Å². The Labute approximate surface area is 150 Å². The van der Waals surface area contributed by atoms with Crippen LogP contribution < -0.4 is 0 Å². The van der Waals surface area contributed by atoms with Crippen molar-refractivity contribution in [1.82, 2.24) is 20.0 Å². The Morgan fingerprint density at radius 2 is 1.88 bits per heavy atom. The Morgan fingerprint density at radius 3 is 2.60 bits per heavy atom. The third-order valence-corrected chi connectivity index (χ3v) is 3.97. The number of carbonyl (C=O) groups excluding carboxylic acids is 1. The van der Waals surface area contributed by atoms with Crippen LogP contribution in [0.5, 0.6) is 0 Å². The van der Waals surface area contributed by atoms with Gasteiger partial charge in [0.2, 0.25) is 17.6 Å². The summed E-state index contributed by atoms with van der Waals surface area (Å²) >= 11 is 5.87. The van der Waals surface area contributed by atoms with Crippen molar-refractivity contribution in [3.8, 4) is 11.4 Å². The van der Waals surface area contributed by atoms with Crippen LogP contribution in [0.3, 0.4) is 0 Å². The summed E-state index contributed by atoms with van der Waals surface area (Å²) in [7, 11) is 1.77. The number of hydrogen-bond donors (Lipinski definition) is 0. The van der Waals surface area contributed by atoms with E-state index in [1.165, 1.54) is 0 Å². The molecular weight excluding hydrogens is 340 g/mol. The van der Waals surface area contributed by atoms with Crippen molar-refractivity contribution in [3.05, 3.63) is 65.3 Å². The molecule has 25 heavy (non-hydrogen) atoms. The highest BCUT2D eigenvalue weighted by Gasteiger charge is 2.13. The number of carbonyl (C=O) groups is 1. The van der Waals surface area contributed by atoms with Crippen LogP contribution in [-0.4, -0.2) is 33.0 Å². The zero-order valence-electron chi connectivity index (χ0n) is 13.7. The SMILES string of the molecule is CN(Cc1ccncc1)C(=O)CCc1nc(-c2ccc(Cl)cc2)no1. The van der Waals surface area contributed by atoms with Crippen LogP contribution in [-0.2, 0) is 17.8 Å². The number of nitrogens with zero attached hydrogens (tertiary/aromatic N) is 4. The first-order valence-corrected chi connectivity index (χ1v) is 8.21. The van der Waals surface area contributed by atoms with Gasteiger partial charge in [-0.1, -0.05) is 16.8 Å². The van der Waals surface area contributed by atoms with E-state index in [1.54, 1.807) is 36.5 Å². The Hall–Kier alpha value is -2.73. The largest absolute Gasteiger partial charge is 0.341 e. The molecule has 0 aliphatic carbocycles. The van der Waals surface area contributed by atoms with Crippen molar-refractivity contribution < 1.29 is 9.32 Å². The molecule has 128 valence electrons. The lowest BCUT2D eigenvalue weighted by atomic mass is 10.2. The molecule has 0 spiro atoms. The number of amides is 1. The van der Waals surface area contributed by atoms with E-state index in [0.29, 0.717) is 36.1 Å². The van der Waals surface area contributed by atoms with Gasteiger partial charge in [-0.25, -0.2) is 0 Å². The van der Waals surface area contributed by atoms with Crippen LogP contribution in [0.15, 0.2) is 53.3 Å². The minimum Gasteiger partial charge on any atom is -0.341 e. The number of hydrogen-bond acceptors (Lipinski definition) is 5. The highest BCUT2D eigenvalue weighted by atomic mass is 35.5. The van der Waals surface area contributed by atoms with E-state index < -0.39 is 0 Å². The average Bonchev–Trinajstić information content (AvgIpc) is 3.10. The van der Waals surface area contributed by atoms with E-state index in [2.05, 4.69) is 15.1 Å². The van der Waals surface area contributed by atoms with Gasteiger partial charge >= 0.3 is 0 Å². The average molecular weight is 357 g/mol. The predicted octanol–water partition coefficient (Wildman–Crippen LogP) is 3.38. The summed E-state index contributed by atoms with van der Waals surface area (Å²) in [5, 5.41) is 4.59. The smallest absolute Gasteiger partial charge is 0.227 e. The first-order chi connectivity index (χ1) is 12.1. The van der Waals surface area contributed by atoms with Gasteiger partial charge in [0.05, 0.1) is 0 Å². The Balaban J connectivity index is 1.54. The zero-order valence-corrected chi connectivity index (χ0v) is 14.5. The van der Waals surface area contributed by atoms with Gasteiger partial charge in [0, 0.05) is 49.4 Å². The van der Waals surface area contributed by atoms with Gasteiger partial charge in [-0.2, -0.15) is 4.98 Å². The normalized spacial score (nSPS) is 10.6. The number of pyridine rings is 1. The van der Waals surface area contributed by atoms with Crippen LogP contribution in [0.4, 0.5) is 0 Å². The van der Waals surface area contributed by atoms with Gasteiger partial charge in [-0.3, -0.25) is 9.78 Å².